The van der Waals surface area contributed by atoms with Gasteiger partial charge in [0.25, 0.3) is 5.91 Å². The molecule has 0 fully saturated rings. The summed E-state index contributed by atoms with van der Waals surface area (Å²) in [5.41, 5.74) is 0.0499. The number of carbonyl (C=O) groups is 1. The molecule has 0 heterocycles. The van der Waals surface area contributed by atoms with Gasteiger partial charge in [-0.2, -0.15) is 0 Å². The summed E-state index contributed by atoms with van der Waals surface area (Å²) >= 11 is 0. The summed E-state index contributed by atoms with van der Waals surface area (Å²) in [6, 6.07) is 1.64. The number of hydrogen-bond acceptors (Lipinski definition) is 1. The Morgan fingerprint density at radius 1 is 1.47 bits per heavy atom. The second kappa shape index (κ2) is 5.44. The zero-order chi connectivity index (χ0) is 13.0. The van der Waals surface area contributed by atoms with Crippen molar-refractivity contribution in [3.05, 3.63) is 34.9 Å². The van der Waals surface area contributed by atoms with Crippen LogP contribution in [0.2, 0.25) is 0 Å². The molecule has 0 spiro atoms. The predicted molar refractivity (Wildman–Crippen MR) is 61.5 cm³/mol. The molecule has 0 bridgehead atoms. The maximum Gasteiger partial charge on any atom is 0.254 e. The standard InChI is InChI=1S/C13H13F2NO/c1-4-5-9(3)16-13(17)10-6-8(2)11(14)7-12(10)15/h1,6-7,9H,5H2,2-3H3,(H,16,17). The summed E-state index contributed by atoms with van der Waals surface area (Å²) in [5, 5.41) is 2.54. The molecule has 0 radical (unpaired) electrons. The smallest absolute Gasteiger partial charge is 0.254 e. The van der Waals surface area contributed by atoms with E-state index in [0.717, 1.165) is 0 Å². The molecule has 1 amide bonds. The molecular weight excluding hydrogens is 224 g/mol. The molecule has 0 saturated heterocycles. The molecule has 0 aliphatic carbocycles. The number of hydrogen-bond donors (Lipinski definition) is 1. The monoisotopic (exact) mass is 237 g/mol. The molecule has 0 aliphatic heterocycles. The lowest BCUT2D eigenvalue weighted by Crippen LogP contribution is -2.32. The highest BCUT2D eigenvalue weighted by atomic mass is 19.1. The fourth-order valence-corrected chi connectivity index (χ4v) is 1.36. The van der Waals surface area contributed by atoms with Gasteiger partial charge in [0, 0.05) is 18.5 Å². The lowest BCUT2D eigenvalue weighted by atomic mass is 10.1. The minimum atomic E-state index is -0.876. The molecule has 1 unspecified atom stereocenters. The van der Waals surface area contributed by atoms with E-state index in [-0.39, 0.29) is 17.2 Å². The topological polar surface area (TPSA) is 29.1 Å². The Kier molecular flexibility index (Phi) is 4.22. The van der Waals surface area contributed by atoms with Crippen molar-refractivity contribution in [3.63, 3.8) is 0 Å². The van der Waals surface area contributed by atoms with Crippen LogP contribution in [0.5, 0.6) is 0 Å². The fourth-order valence-electron chi connectivity index (χ4n) is 1.36. The number of halogens is 2. The Morgan fingerprint density at radius 3 is 2.71 bits per heavy atom. The van der Waals surface area contributed by atoms with Gasteiger partial charge in [-0.3, -0.25) is 4.79 Å². The molecule has 0 saturated carbocycles. The summed E-state index contributed by atoms with van der Waals surface area (Å²) in [4.78, 5) is 11.7. The molecule has 1 aromatic rings. The average molecular weight is 237 g/mol. The van der Waals surface area contributed by atoms with Crippen molar-refractivity contribution in [2.24, 2.45) is 0 Å². The quantitative estimate of drug-likeness (QED) is 0.804. The van der Waals surface area contributed by atoms with E-state index in [1.54, 1.807) is 6.92 Å². The molecule has 17 heavy (non-hydrogen) atoms. The maximum atomic E-state index is 13.4. The molecule has 0 aromatic heterocycles. The third kappa shape index (κ3) is 3.28. The van der Waals surface area contributed by atoms with E-state index >= 15 is 0 Å². The van der Waals surface area contributed by atoms with Crippen molar-refractivity contribution >= 4 is 5.91 Å². The first-order valence-corrected chi connectivity index (χ1v) is 5.15. The Labute approximate surface area is 99.0 Å². The maximum absolute atomic E-state index is 13.4. The highest BCUT2D eigenvalue weighted by Crippen LogP contribution is 2.14. The molecule has 90 valence electrons. The van der Waals surface area contributed by atoms with Gasteiger partial charge in [0.15, 0.2) is 0 Å². The van der Waals surface area contributed by atoms with E-state index in [1.807, 2.05) is 0 Å². The van der Waals surface area contributed by atoms with Crippen LogP contribution in [0.1, 0.15) is 29.3 Å². The molecule has 1 aromatic carbocycles. The van der Waals surface area contributed by atoms with Crippen molar-refractivity contribution in [2.45, 2.75) is 26.3 Å². The average Bonchev–Trinajstić information content (AvgIpc) is 2.23. The van der Waals surface area contributed by atoms with Crippen LogP contribution >= 0.6 is 0 Å². The largest absolute Gasteiger partial charge is 0.349 e. The van der Waals surface area contributed by atoms with Crippen LogP contribution in [-0.2, 0) is 0 Å². The molecule has 1 rings (SSSR count). The summed E-state index contributed by atoms with van der Waals surface area (Å²) in [5.74, 6) is 0.254. The molecule has 1 N–H and O–H groups in total. The summed E-state index contributed by atoms with van der Waals surface area (Å²) < 4.78 is 26.4. The van der Waals surface area contributed by atoms with Crippen LogP contribution < -0.4 is 5.32 Å². The van der Waals surface area contributed by atoms with Crippen LogP contribution in [0.25, 0.3) is 0 Å². The van der Waals surface area contributed by atoms with Crippen molar-refractivity contribution < 1.29 is 13.6 Å². The van der Waals surface area contributed by atoms with Crippen LogP contribution in [0.3, 0.4) is 0 Å². The van der Waals surface area contributed by atoms with Crippen molar-refractivity contribution in [1.82, 2.24) is 5.32 Å². The van der Waals surface area contributed by atoms with Crippen LogP contribution in [0, 0.1) is 30.9 Å². The number of rotatable bonds is 3. The van der Waals surface area contributed by atoms with E-state index in [4.69, 9.17) is 6.42 Å². The van der Waals surface area contributed by atoms with Gasteiger partial charge in [-0.25, -0.2) is 8.78 Å². The normalized spacial score (nSPS) is 11.7. The lowest BCUT2D eigenvalue weighted by molar-refractivity contribution is 0.0936. The van der Waals surface area contributed by atoms with Crippen LogP contribution in [-0.4, -0.2) is 11.9 Å². The number of terminal acetylenes is 1. The second-order valence-corrected chi connectivity index (χ2v) is 3.86. The Hall–Kier alpha value is -1.89. The van der Waals surface area contributed by atoms with Gasteiger partial charge < -0.3 is 5.32 Å². The highest BCUT2D eigenvalue weighted by Gasteiger charge is 2.15. The molecular formula is C13H13F2NO. The van der Waals surface area contributed by atoms with Crippen molar-refractivity contribution in [3.8, 4) is 12.3 Å². The zero-order valence-electron chi connectivity index (χ0n) is 9.68. The first-order valence-electron chi connectivity index (χ1n) is 5.15. The number of aryl methyl sites for hydroxylation is 1. The number of amides is 1. The lowest BCUT2D eigenvalue weighted by Gasteiger charge is -2.12. The van der Waals surface area contributed by atoms with Crippen molar-refractivity contribution in [2.75, 3.05) is 0 Å². The number of carbonyl (C=O) groups excluding carboxylic acids is 1. The summed E-state index contributed by atoms with van der Waals surface area (Å²) in [6.45, 7) is 3.18. The van der Waals surface area contributed by atoms with Gasteiger partial charge in [-0.1, -0.05) is 0 Å². The summed E-state index contributed by atoms with van der Waals surface area (Å²) in [6.07, 6.45) is 5.45. The third-order valence-corrected chi connectivity index (χ3v) is 2.29. The highest BCUT2D eigenvalue weighted by molar-refractivity contribution is 5.94. The Balaban J connectivity index is 2.90. The zero-order valence-corrected chi connectivity index (χ0v) is 9.68. The first-order chi connectivity index (χ1) is 7.95. The van der Waals surface area contributed by atoms with Gasteiger partial charge in [-0.05, 0) is 25.5 Å². The molecule has 0 aliphatic rings. The van der Waals surface area contributed by atoms with Gasteiger partial charge in [0.2, 0.25) is 0 Å². The summed E-state index contributed by atoms with van der Waals surface area (Å²) in [7, 11) is 0. The van der Waals surface area contributed by atoms with Gasteiger partial charge >= 0.3 is 0 Å². The van der Waals surface area contributed by atoms with Gasteiger partial charge in [-0.15, -0.1) is 12.3 Å². The van der Waals surface area contributed by atoms with E-state index in [9.17, 15) is 13.6 Å². The predicted octanol–water partition coefficient (Wildman–Crippen LogP) is 2.41. The fraction of sp³-hybridized carbons (Fsp3) is 0.308. The van der Waals surface area contributed by atoms with Gasteiger partial charge in [0.05, 0.1) is 5.56 Å². The molecule has 4 heteroatoms. The second-order valence-electron chi connectivity index (χ2n) is 3.86. The molecule has 2 nitrogen and oxygen atoms in total. The molecule has 1 atom stereocenters. The van der Waals surface area contributed by atoms with Crippen LogP contribution in [0.15, 0.2) is 12.1 Å². The van der Waals surface area contributed by atoms with E-state index in [0.29, 0.717) is 12.5 Å². The van der Waals surface area contributed by atoms with E-state index in [1.165, 1.54) is 13.0 Å². The van der Waals surface area contributed by atoms with E-state index in [2.05, 4.69) is 11.2 Å². The first kappa shape index (κ1) is 13.2. The van der Waals surface area contributed by atoms with E-state index < -0.39 is 17.5 Å². The SMILES string of the molecule is C#CCC(C)NC(=O)c1cc(C)c(F)cc1F. The minimum absolute atomic E-state index is 0.173. The Morgan fingerprint density at radius 2 is 2.12 bits per heavy atom. The van der Waals surface area contributed by atoms with Crippen LogP contribution in [0.4, 0.5) is 8.78 Å². The minimum Gasteiger partial charge on any atom is -0.349 e. The Bertz CT molecular complexity index is 477. The third-order valence-electron chi connectivity index (χ3n) is 2.29. The number of nitrogens with one attached hydrogen (secondary N) is 1. The van der Waals surface area contributed by atoms with Crippen molar-refractivity contribution in [1.29, 1.82) is 0 Å². The van der Waals surface area contributed by atoms with Gasteiger partial charge in [0.1, 0.15) is 11.6 Å². The number of benzene rings is 1.